The van der Waals surface area contributed by atoms with Crippen LogP contribution < -0.4 is 4.74 Å². The number of hydrogen-bond donors (Lipinski definition) is 1. The maximum atomic E-state index is 5.32. The van der Waals surface area contributed by atoms with Crippen molar-refractivity contribution in [1.29, 1.82) is 0 Å². The van der Waals surface area contributed by atoms with Gasteiger partial charge in [0.15, 0.2) is 0 Å². The van der Waals surface area contributed by atoms with Crippen molar-refractivity contribution < 1.29 is 4.74 Å². The van der Waals surface area contributed by atoms with Gasteiger partial charge in [-0.2, -0.15) is 0 Å². The molecule has 4 rings (SSSR count). The van der Waals surface area contributed by atoms with Gasteiger partial charge in [-0.3, -0.25) is 4.90 Å². The number of para-hydroxylation sites is 1. The summed E-state index contributed by atoms with van der Waals surface area (Å²) in [6.07, 6.45) is 5.61. The van der Waals surface area contributed by atoms with Gasteiger partial charge in [-0.1, -0.05) is 36.4 Å². The summed E-state index contributed by atoms with van der Waals surface area (Å²) in [5, 5.41) is 1.32. The normalized spacial score (nSPS) is 15.5. The SMILES string of the molecule is COc1cccc(CN2CC=C(c3c[nH]c4ccccc34)CC2)c1. The first-order valence-electron chi connectivity index (χ1n) is 8.44. The highest BCUT2D eigenvalue weighted by atomic mass is 16.5. The number of methoxy groups -OCH3 is 1. The van der Waals surface area contributed by atoms with Crippen molar-refractivity contribution in [3.63, 3.8) is 0 Å². The molecule has 1 aliphatic heterocycles. The smallest absolute Gasteiger partial charge is 0.119 e. The minimum Gasteiger partial charge on any atom is -0.497 e. The van der Waals surface area contributed by atoms with Crippen LogP contribution in [-0.2, 0) is 6.54 Å². The largest absolute Gasteiger partial charge is 0.497 e. The van der Waals surface area contributed by atoms with Gasteiger partial charge in [0.2, 0.25) is 0 Å². The molecule has 3 aromatic rings. The molecule has 0 unspecified atom stereocenters. The van der Waals surface area contributed by atoms with E-state index in [1.807, 2.05) is 6.07 Å². The lowest BCUT2D eigenvalue weighted by Crippen LogP contribution is -2.27. The second-order valence-corrected chi connectivity index (χ2v) is 6.31. The Labute approximate surface area is 142 Å². The van der Waals surface area contributed by atoms with Crippen LogP contribution in [0.2, 0.25) is 0 Å². The molecule has 24 heavy (non-hydrogen) atoms. The van der Waals surface area contributed by atoms with Crippen molar-refractivity contribution in [3.05, 3.63) is 71.9 Å². The number of hydrogen-bond acceptors (Lipinski definition) is 2. The fourth-order valence-electron chi connectivity index (χ4n) is 3.47. The summed E-state index contributed by atoms with van der Waals surface area (Å²) in [4.78, 5) is 5.86. The van der Waals surface area contributed by atoms with Crippen molar-refractivity contribution in [2.75, 3.05) is 20.2 Å². The molecule has 0 saturated heterocycles. The average Bonchev–Trinajstić information content (AvgIpc) is 3.07. The predicted octanol–water partition coefficient (Wildman–Crippen LogP) is 4.47. The van der Waals surface area contributed by atoms with E-state index in [0.717, 1.165) is 31.8 Å². The standard InChI is InChI=1S/C21H22N2O/c1-24-18-6-4-5-16(13-18)15-23-11-9-17(10-12-23)20-14-22-21-8-3-2-7-19(20)21/h2-9,13-14,22H,10-12,15H2,1H3. The average molecular weight is 318 g/mol. The molecule has 0 fully saturated rings. The zero-order valence-corrected chi connectivity index (χ0v) is 14.0. The first-order valence-corrected chi connectivity index (χ1v) is 8.44. The van der Waals surface area contributed by atoms with Gasteiger partial charge in [-0.25, -0.2) is 0 Å². The molecular formula is C21H22N2O. The molecule has 1 N–H and O–H groups in total. The second kappa shape index (κ2) is 6.54. The van der Waals surface area contributed by atoms with Gasteiger partial charge in [0.1, 0.15) is 5.75 Å². The van der Waals surface area contributed by atoms with Crippen molar-refractivity contribution in [2.45, 2.75) is 13.0 Å². The summed E-state index contributed by atoms with van der Waals surface area (Å²) in [7, 11) is 1.72. The maximum Gasteiger partial charge on any atom is 0.119 e. The van der Waals surface area contributed by atoms with Crippen molar-refractivity contribution in [3.8, 4) is 5.75 Å². The second-order valence-electron chi connectivity index (χ2n) is 6.31. The van der Waals surface area contributed by atoms with E-state index in [9.17, 15) is 0 Å². The topological polar surface area (TPSA) is 28.3 Å². The molecule has 0 spiro atoms. The fraction of sp³-hybridized carbons (Fsp3) is 0.238. The Morgan fingerprint density at radius 3 is 2.88 bits per heavy atom. The monoisotopic (exact) mass is 318 g/mol. The van der Waals surface area contributed by atoms with Gasteiger partial charge in [0.05, 0.1) is 7.11 Å². The zero-order valence-electron chi connectivity index (χ0n) is 14.0. The quantitative estimate of drug-likeness (QED) is 0.769. The van der Waals surface area contributed by atoms with Gasteiger partial charge in [0.25, 0.3) is 0 Å². The van der Waals surface area contributed by atoms with Crippen molar-refractivity contribution in [2.24, 2.45) is 0 Å². The van der Waals surface area contributed by atoms with E-state index in [0.29, 0.717) is 0 Å². The molecule has 0 bridgehead atoms. The van der Waals surface area contributed by atoms with Crippen molar-refractivity contribution >= 4 is 16.5 Å². The summed E-state index contributed by atoms with van der Waals surface area (Å²) in [6, 6.07) is 16.9. The highest BCUT2D eigenvalue weighted by Gasteiger charge is 2.15. The van der Waals surface area contributed by atoms with Crippen LogP contribution in [0.4, 0.5) is 0 Å². The van der Waals surface area contributed by atoms with E-state index in [-0.39, 0.29) is 0 Å². The van der Waals surface area contributed by atoms with Gasteiger partial charge in [-0.05, 0) is 35.8 Å². The highest BCUT2D eigenvalue weighted by molar-refractivity contribution is 5.92. The number of aromatic amines is 1. The summed E-state index contributed by atoms with van der Waals surface area (Å²) in [5.74, 6) is 0.930. The number of nitrogens with zero attached hydrogens (tertiary/aromatic N) is 1. The third-order valence-electron chi connectivity index (χ3n) is 4.77. The van der Waals surface area contributed by atoms with E-state index < -0.39 is 0 Å². The molecule has 2 aromatic carbocycles. The Balaban J connectivity index is 1.49. The lowest BCUT2D eigenvalue weighted by molar-refractivity contribution is 0.293. The number of benzene rings is 2. The molecule has 122 valence electrons. The lowest BCUT2D eigenvalue weighted by Gasteiger charge is -2.26. The number of nitrogens with one attached hydrogen (secondary N) is 1. The third kappa shape index (κ3) is 2.95. The van der Waals surface area contributed by atoms with Crippen LogP contribution >= 0.6 is 0 Å². The highest BCUT2D eigenvalue weighted by Crippen LogP contribution is 2.29. The van der Waals surface area contributed by atoms with E-state index in [1.54, 1.807) is 7.11 Å². The molecule has 1 aromatic heterocycles. The first kappa shape index (κ1) is 15.0. The minimum absolute atomic E-state index is 0.930. The van der Waals surface area contributed by atoms with Crippen LogP contribution in [0, 0.1) is 0 Å². The van der Waals surface area contributed by atoms with Crippen molar-refractivity contribution in [1.82, 2.24) is 9.88 Å². The molecule has 1 aliphatic rings. The zero-order chi connectivity index (χ0) is 16.4. The maximum absolute atomic E-state index is 5.32. The van der Waals surface area contributed by atoms with Gasteiger partial charge >= 0.3 is 0 Å². The van der Waals surface area contributed by atoms with Crippen LogP contribution in [-0.4, -0.2) is 30.1 Å². The number of ether oxygens (including phenoxy) is 1. The Morgan fingerprint density at radius 2 is 2.04 bits per heavy atom. The van der Waals surface area contributed by atoms with Crippen LogP contribution in [0.1, 0.15) is 17.5 Å². The number of H-pyrrole nitrogens is 1. The molecule has 0 amide bonds. The Kier molecular flexibility index (Phi) is 4.09. The van der Waals surface area contributed by atoms with Crippen LogP contribution in [0.3, 0.4) is 0 Å². The van der Waals surface area contributed by atoms with Gasteiger partial charge in [-0.15, -0.1) is 0 Å². The first-order chi connectivity index (χ1) is 11.8. The molecule has 3 nitrogen and oxygen atoms in total. The molecule has 0 radical (unpaired) electrons. The van der Waals surface area contributed by atoms with Gasteiger partial charge < -0.3 is 9.72 Å². The van der Waals surface area contributed by atoms with Crippen LogP contribution in [0.25, 0.3) is 16.5 Å². The summed E-state index contributed by atoms with van der Waals surface area (Å²) >= 11 is 0. The molecule has 0 saturated carbocycles. The number of aromatic nitrogens is 1. The Hall–Kier alpha value is -2.52. The molecule has 0 atom stereocenters. The van der Waals surface area contributed by atoms with Gasteiger partial charge in [0, 0.05) is 42.3 Å². The Morgan fingerprint density at radius 1 is 1.12 bits per heavy atom. The number of rotatable bonds is 4. The molecule has 2 heterocycles. The van der Waals surface area contributed by atoms with E-state index >= 15 is 0 Å². The third-order valence-corrected chi connectivity index (χ3v) is 4.77. The van der Waals surface area contributed by atoms with E-state index in [2.05, 4.69) is 64.6 Å². The lowest BCUT2D eigenvalue weighted by atomic mass is 9.98. The van der Waals surface area contributed by atoms with Crippen LogP contribution in [0.15, 0.2) is 60.8 Å². The summed E-state index contributed by atoms with van der Waals surface area (Å²) in [5.41, 5.74) is 5.33. The fourth-order valence-corrected chi connectivity index (χ4v) is 3.47. The molecule has 3 heteroatoms. The Bertz CT molecular complexity index is 878. The van der Waals surface area contributed by atoms with E-state index in [4.69, 9.17) is 4.74 Å². The van der Waals surface area contributed by atoms with Crippen LogP contribution in [0.5, 0.6) is 5.75 Å². The van der Waals surface area contributed by atoms with E-state index in [1.165, 1.54) is 27.6 Å². The predicted molar refractivity (Wildman–Crippen MR) is 99.2 cm³/mol. The molecular weight excluding hydrogens is 296 g/mol. The summed E-state index contributed by atoms with van der Waals surface area (Å²) < 4.78 is 5.32. The summed E-state index contributed by atoms with van der Waals surface area (Å²) in [6.45, 7) is 3.05. The molecule has 0 aliphatic carbocycles. The number of fused-ring (bicyclic) bond motifs is 1. The minimum atomic E-state index is 0.930.